The van der Waals surface area contributed by atoms with Gasteiger partial charge in [0.2, 0.25) is 0 Å². The second-order valence-electron chi connectivity index (χ2n) is 6.44. The highest BCUT2D eigenvalue weighted by Crippen LogP contribution is 2.40. The van der Waals surface area contributed by atoms with Crippen molar-refractivity contribution in [1.29, 1.82) is 0 Å². The number of pyridine rings is 2. The molecule has 3 heterocycles. The maximum atomic E-state index is 11.9. The Morgan fingerprint density at radius 2 is 1.96 bits per heavy atom. The Balaban J connectivity index is 1.83. The quantitative estimate of drug-likeness (QED) is 0.495. The summed E-state index contributed by atoms with van der Waals surface area (Å²) in [7, 11) is 3.44. The first-order valence-electron chi connectivity index (χ1n) is 8.39. The molecule has 2 aromatic carbocycles. The average molecular weight is 344 g/mol. The molecule has 5 rings (SSSR count). The van der Waals surface area contributed by atoms with Gasteiger partial charge in [-0.1, -0.05) is 0 Å². The first-order valence-corrected chi connectivity index (χ1v) is 8.39. The van der Waals surface area contributed by atoms with Crippen molar-refractivity contribution in [1.82, 2.24) is 9.55 Å². The molecule has 2 aromatic heterocycles. The predicted octanol–water partition coefficient (Wildman–Crippen LogP) is 3.65. The number of hydrogen-bond acceptors (Lipinski definition) is 4. The van der Waals surface area contributed by atoms with Crippen LogP contribution in [0, 0.1) is 0 Å². The van der Waals surface area contributed by atoms with Gasteiger partial charge < -0.3 is 14.0 Å². The molecule has 4 aromatic rings. The van der Waals surface area contributed by atoms with Gasteiger partial charge in [-0.25, -0.2) is 4.98 Å². The van der Waals surface area contributed by atoms with E-state index in [0.29, 0.717) is 6.61 Å². The molecule has 0 N–H and O–H groups in total. The number of ether oxygens (including phenoxy) is 2. The van der Waals surface area contributed by atoms with Gasteiger partial charge in [-0.3, -0.25) is 4.79 Å². The molecule has 5 nitrogen and oxygen atoms in total. The Morgan fingerprint density at radius 3 is 2.81 bits per heavy atom. The molecule has 128 valence electrons. The van der Waals surface area contributed by atoms with Crippen molar-refractivity contribution < 1.29 is 9.47 Å². The molecule has 0 spiro atoms. The van der Waals surface area contributed by atoms with Gasteiger partial charge in [0.05, 0.1) is 23.8 Å². The third kappa shape index (κ3) is 2.03. The number of nitrogens with zero attached hydrogens (tertiary/aromatic N) is 2. The van der Waals surface area contributed by atoms with Crippen LogP contribution in [0.2, 0.25) is 0 Å². The topological polar surface area (TPSA) is 53.3 Å². The largest absolute Gasteiger partial charge is 0.497 e. The molecule has 0 saturated heterocycles. The number of benzene rings is 2. The van der Waals surface area contributed by atoms with Gasteiger partial charge in [-0.05, 0) is 42.5 Å². The van der Waals surface area contributed by atoms with Crippen LogP contribution in [0.4, 0.5) is 0 Å². The number of methoxy groups -OCH3 is 1. The summed E-state index contributed by atoms with van der Waals surface area (Å²) in [5, 5.41) is 2.03. The summed E-state index contributed by atoms with van der Waals surface area (Å²) in [6.45, 7) is 0.472. The van der Waals surface area contributed by atoms with E-state index in [9.17, 15) is 4.79 Å². The molecular formula is C21H16N2O3. The normalized spacial score (nSPS) is 12.5. The fourth-order valence-electron chi connectivity index (χ4n) is 3.60. The fourth-order valence-corrected chi connectivity index (χ4v) is 3.60. The highest BCUT2D eigenvalue weighted by atomic mass is 16.5. The van der Waals surface area contributed by atoms with Gasteiger partial charge in [-0.15, -0.1) is 0 Å². The zero-order valence-corrected chi connectivity index (χ0v) is 14.4. The van der Waals surface area contributed by atoms with E-state index in [1.54, 1.807) is 24.8 Å². The molecule has 0 fully saturated rings. The molecule has 0 unspecified atom stereocenters. The lowest BCUT2D eigenvalue weighted by Gasteiger charge is -2.21. The van der Waals surface area contributed by atoms with Crippen molar-refractivity contribution in [3.8, 4) is 22.8 Å². The maximum absolute atomic E-state index is 11.9. The van der Waals surface area contributed by atoms with Gasteiger partial charge in [0.15, 0.2) is 0 Å². The van der Waals surface area contributed by atoms with Crippen LogP contribution in [-0.4, -0.2) is 16.7 Å². The van der Waals surface area contributed by atoms with Crippen LogP contribution >= 0.6 is 0 Å². The SMILES string of the molecule is COc1ccc2c(c1)-c1nc3ccc4c(ccc(=O)n4C)c3cc1CO2. The summed E-state index contributed by atoms with van der Waals surface area (Å²) >= 11 is 0. The van der Waals surface area contributed by atoms with Crippen molar-refractivity contribution in [3.63, 3.8) is 0 Å². The summed E-state index contributed by atoms with van der Waals surface area (Å²) in [5.41, 5.74) is 4.65. The minimum absolute atomic E-state index is 0.0212. The Labute approximate surface area is 149 Å². The molecule has 1 aliphatic heterocycles. The lowest BCUT2D eigenvalue weighted by molar-refractivity contribution is 0.301. The van der Waals surface area contributed by atoms with Crippen molar-refractivity contribution in [2.24, 2.45) is 7.05 Å². The highest BCUT2D eigenvalue weighted by Gasteiger charge is 2.21. The van der Waals surface area contributed by atoms with Crippen molar-refractivity contribution in [2.45, 2.75) is 6.61 Å². The van der Waals surface area contributed by atoms with E-state index in [2.05, 4.69) is 6.07 Å². The van der Waals surface area contributed by atoms with E-state index in [4.69, 9.17) is 14.5 Å². The molecule has 0 saturated carbocycles. The van der Waals surface area contributed by atoms with Gasteiger partial charge in [0.1, 0.15) is 18.1 Å². The van der Waals surface area contributed by atoms with E-state index in [0.717, 1.165) is 50.1 Å². The zero-order chi connectivity index (χ0) is 17.8. The van der Waals surface area contributed by atoms with Crippen LogP contribution in [0.25, 0.3) is 33.1 Å². The summed E-state index contributed by atoms with van der Waals surface area (Å²) < 4.78 is 12.9. The Kier molecular flexibility index (Phi) is 3.06. The fraction of sp³-hybridized carbons (Fsp3) is 0.143. The van der Waals surface area contributed by atoms with Crippen LogP contribution in [0.1, 0.15) is 5.56 Å². The molecular weight excluding hydrogens is 328 g/mol. The molecule has 0 bridgehead atoms. The molecule has 5 heteroatoms. The van der Waals surface area contributed by atoms with Gasteiger partial charge in [0.25, 0.3) is 5.56 Å². The van der Waals surface area contributed by atoms with Gasteiger partial charge in [-0.2, -0.15) is 0 Å². The summed E-state index contributed by atoms with van der Waals surface area (Å²) in [4.78, 5) is 16.8. The Morgan fingerprint density at radius 1 is 1.08 bits per heavy atom. The smallest absolute Gasteiger partial charge is 0.250 e. The second-order valence-corrected chi connectivity index (χ2v) is 6.44. The number of aromatic nitrogens is 2. The standard InChI is InChI=1S/C21H16N2O3/c1-23-18-6-5-17-15(14(18)4-8-20(23)24)9-12-11-26-19-7-3-13(25-2)10-16(19)21(12)22-17/h3-10H,11H2,1-2H3. The third-order valence-corrected chi connectivity index (χ3v) is 5.01. The van der Waals surface area contributed by atoms with Gasteiger partial charge >= 0.3 is 0 Å². The third-order valence-electron chi connectivity index (χ3n) is 5.01. The Bertz CT molecular complexity index is 1260. The minimum Gasteiger partial charge on any atom is -0.497 e. The molecule has 26 heavy (non-hydrogen) atoms. The average Bonchev–Trinajstić information content (AvgIpc) is 2.68. The summed E-state index contributed by atoms with van der Waals surface area (Å²) in [6.07, 6.45) is 0. The van der Waals surface area contributed by atoms with Crippen LogP contribution in [0.15, 0.2) is 53.3 Å². The van der Waals surface area contributed by atoms with Crippen LogP contribution in [0.3, 0.4) is 0 Å². The van der Waals surface area contributed by atoms with E-state index < -0.39 is 0 Å². The highest BCUT2D eigenvalue weighted by molar-refractivity contribution is 6.06. The summed E-state index contributed by atoms with van der Waals surface area (Å²) in [5.74, 6) is 1.59. The van der Waals surface area contributed by atoms with Crippen molar-refractivity contribution in [3.05, 3.63) is 64.4 Å². The second kappa shape index (κ2) is 5.33. The maximum Gasteiger partial charge on any atom is 0.250 e. The first-order chi connectivity index (χ1) is 12.7. The Hall–Kier alpha value is -3.34. The van der Waals surface area contributed by atoms with Gasteiger partial charge in [0, 0.05) is 35.0 Å². The minimum atomic E-state index is -0.0212. The van der Waals surface area contributed by atoms with E-state index >= 15 is 0 Å². The van der Waals surface area contributed by atoms with E-state index in [1.807, 2.05) is 36.4 Å². The molecule has 0 radical (unpaired) electrons. The molecule has 0 atom stereocenters. The van der Waals surface area contributed by atoms with E-state index in [-0.39, 0.29) is 5.56 Å². The van der Waals surface area contributed by atoms with Crippen molar-refractivity contribution >= 4 is 21.8 Å². The monoisotopic (exact) mass is 344 g/mol. The molecule has 0 amide bonds. The number of aryl methyl sites for hydroxylation is 1. The summed E-state index contributed by atoms with van der Waals surface area (Å²) in [6, 6.07) is 15.3. The number of rotatable bonds is 1. The predicted molar refractivity (Wildman–Crippen MR) is 101 cm³/mol. The number of fused-ring (bicyclic) bond motifs is 6. The van der Waals surface area contributed by atoms with Crippen LogP contribution < -0.4 is 15.0 Å². The zero-order valence-electron chi connectivity index (χ0n) is 14.4. The lowest BCUT2D eigenvalue weighted by atomic mass is 9.99. The molecule has 1 aliphatic rings. The lowest BCUT2D eigenvalue weighted by Crippen LogP contribution is -2.15. The first kappa shape index (κ1) is 15.0. The number of hydrogen-bond donors (Lipinski definition) is 0. The van der Waals surface area contributed by atoms with E-state index in [1.165, 1.54) is 0 Å². The van der Waals surface area contributed by atoms with Crippen LogP contribution in [-0.2, 0) is 13.7 Å². The van der Waals surface area contributed by atoms with Crippen molar-refractivity contribution in [2.75, 3.05) is 7.11 Å². The molecule has 0 aliphatic carbocycles. The van der Waals surface area contributed by atoms with Crippen LogP contribution in [0.5, 0.6) is 11.5 Å².